The molecule has 1 aliphatic carbocycles. The zero-order valence-corrected chi connectivity index (χ0v) is 13.6. The van der Waals surface area contributed by atoms with Gasteiger partial charge < -0.3 is 19.9 Å². The Morgan fingerprint density at radius 1 is 1.17 bits per heavy atom. The normalized spacial score (nSPS) is 16.4. The molecule has 1 fully saturated rings. The van der Waals surface area contributed by atoms with Crippen molar-refractivity contribution in [3.8, 4) is 11.5 Å². The first-order valence-electron chi connectivity index (χ1n) is 7.76. The van der Waals surface area contributed by atoms with Gasteiger partial charge in [-0.25, -0.2) is 4.79 Å². The molecule has 0 atom stereocenters. The number of aliphatic carboxylic acids is 1. The number of hydrogen-bond donors (Lipinski definition) is 2. The monoisotopic (exact) mass is 321 g/mol. The fourth-order valence-corrected chi connectivity index (χ4v) is 3.05. The van der Waals surface area contributed by atoms with E-state index in [1.54, 1.807) is 25.3 Å². The molecular formula is C17H23NO5. The second-order valence-corrected chi connectivity index (χ2v) is 5.85. The lowest BCUT2D eigenvalue weighted by molar-refractivity contribution is -0.149. The third-order valence-electron chi connectivity index (χ3n) is 4.33. The third kappa shape index (κ3) is 3.94. The first kappa shape index (κ1) is 17.1. The van der Waals surface area contributed by atoms with Crippen LogP contribution >= 0.6 is 0 Å². The maximum absolute atomic E-state index is 12.4. The van der Waals surface area contributed by atoms with E-state index in [0.29, 0.717) is 29.9 Å². The maximum atomic E-state index is 12.4. The van der Waals surface area contributed by atoms with E-state index < -0.39 is 11.5 Å². The van der Waals surface area contributed by atoms with Gasteiger partial charge in [0.1, 0.15) is 17.0 Å². The first-order chi connectivity index (χ1) is 11.0. The number of carboxylic acid groups (broad SMARTS) is 1. The van der Waals surface area contributed by atoms with Gasteiger partial charge in [0.2, 0.25) is 5.91 Å². The van der Waals surface area contributed by atoms with E-state index in [1.165, 1.54) is 7.11 Å². The van der Waals surface area contributed by atoms with Gasteiger partial charge in [-0.3, -0.25) is 4.79 Å². The van der Waals surface area contributed by atoms with Crippen LogP contribution in [0.15, 0.2) is 18.2 Å². The van der Waals surface area contributed by atoms with Crippen molar-refractivity contribution in [2.75, 3.05) is 14.2 Å². The molecule has 0 bridgehead atoms. The molecular weight excluding hydrogens is 298 g/mol. The Morgan fingerprint density at radius 2 is 1.87 bits per heavy atom. The molecule has 0 radical (unpaired) electrons. The highest BCUT2D eigenvalue weighted by molar-refractivity contribution is 5.88. The second kappa shape index (κ2) is 7.35. The molecule has 0 heterocycles. The van der Waals surface area contributed by atoms with Crippen LogP contribution in [0.25, 0.3) is 0 Å². The van der Waals surface area contributed by atoms with E-state index in [1.807, 2.05) is 0 Å². The van der Waals surface area contributed by atoms with E-state index in [2.05, 4.69) is 5.32 Å². The molecule has 2 N–H and O–H groups in total. The molecule has 0 spiro atoms. The van der Waals surface area contributed by atoms with Crippen molar-refractivity contribution in [1.82, 2.24) is 5.32 Å². The van der Waals surface area contributed by atoms with Gasteiger partial charge in [0.15, 0.2) is 0 Å². The molecule has 23 heavy (non-hydrogen) atoms. The van der Waals surface area contributed by atoms with Crippen LogP contribution in [-0.2, 0) is 16.0 Å². The fourth-order valence-electron chi connectivity index (χ4n) is 3.05. The molecule has 0 unspecified atom stereocenters. The minimum Gasteiger partial charge on any atom is -0.497 e. The van der Waals surface area contributed by atoms with Crippen LogP contribution in [0.1, 0.15) is 37.7 Å². The van der Waals surface area contributed by atoms with Crippen LogP contribution < -0.4 is 14.8 Å². The molecule has 0 saturated heterocycles. The predicted octanol–water partition coefficient (Wildman–Crippen LogP) is 2.15. The van der Waals surface area contributed by atoms with Crippen LogP contribution in [0.5, 0.6) is 11.5 Å². The molecule has 1 aliphatic rings. The van der Waals surface area contributed by atoms with Crippen LogP contribution in [0.4, 0.5) is 0 Å². The number of rotatable bonds is 6. The lowest BCUT2D eigenvalue weighted by atomic mass is 9.81. The average molecular weight is 321 g/mol. The van der Waals surface area contributed by atoms with Crippen LogP contribution in [0.3, 0.4) is 0 Å². The zero-order valence-electron chi connectivity index (χ0n) is 13.6. The zero-order chi connectivity index (χ0) is 16.9. The number of benzene rings is 1. The first-order valence-corrected chi connectivity index (χ1v) is 7.76. The number of hydrogen-bond acceptors (Lipinski definition) is 4. The van der Waals surface area contributed by atoms with E-state index in [-0.39, 0.29) is 12.3 Å². The van der Waals surface area contributed by atoms with E-state index in [0.717, 1.165) is 19.3 Å². The Labute approximate surface area is 135 Å². The Morgan fingerprint density at radius 3 is 2.43 bits per heavy atom. The number of ether oxygens (including phenoxy) is 2. The molecule has 1 saturated carbocycles. The largest absolute Gasteiger partial charge is 0.497 e. The van der Waals surface area contributed by atoms with Crippen molar-refractivity contribution >= 4 is 11.9 Å². The number of carbonyl (C=O) groups is 2. The van der Waals surface area contributed by atoms with Gasteiger partial charge in [0.05, 0.1) is 20.6 Å². The van der Waals surface area contributed by atoms with Gasteiger partial charge in [0.25, 0.3) is 0 Å². The number of methoxy groups -OCH3 is 2. The Kier molecular flexibility index (Phi) is 5.47. The average Bonchev–Trinajstić information content (AvgIpc) is 2.55. The molecule has 2 rings (SSSR count). The summed E-state index contributed by atoms with van der Waals surface area (Å²) in [4.78, 5) is 24.0. The summed E-state index contributed by atoms with van der Waals surface area (Å²) < 4.78 is 10.4. The van der Waals surface area contributed by atoms with Crippen LogP contribution in [0, 0.1) is 0 Å². The highest BCUT2D eigenvalue weighted by atomic mass is 16.5. The second-order valence-electron chi connectivity index (χ2n) is 5.85. The lowest BCUT2D eigenvalue weighted by Gasteiger charge is -2.34. The molecule has 1 aromatic carbocycles. The fraction of sp³-hybridized carbons (Fsp3) is 0.529. The summed E-state index contributed by atoms with van der Waals surface area (Å²) in [5.41, 5.74) is -0.470. The summed E-state index contributed by atoms with van der Waals surface area (Å²) in [6.45, 7) is 0. The van der Waals surface area contributed by atoms with E-state index >= 15 is 0 Å². The number of nitrogens with one attached hydrogen (secondary N) is 1. The molecule has 0 aromatic heterocycles. The van der Waals surface area contributed by atoms with Gasteiger partial charge in [-0.1, -0.05) is 19.3 Å². The smallest absolute Gasteiger partial charge is 0.329 e. The molecule has 6 nitrogen and oxygen atoms in total. The highest BCUT2D eigenvalue weighted by Crippen LogP contribution is 2.29. The lowest BCUT2D eigenvalue weighted by Crippen LogP contribution is -2.56. The number of amides is 1. The van der Waals surface area contributed by atoms with Gasteiger partial charge >= 0.3 is 5.97 Å². The van der Waals surface area contributed by atoms with Crippen molar-refractivity contribution in [3.63, 3.8) is 0 Å². The topological polar surface area (TPSA) is 84.9 Å². The molecule has 0 aliphatic heterocycles. The quantitative estimate of drug-likeness (QED) is 0.838. The highest BCUT2D eigenvalue weighted by Gasteiger charge is 2.40. The van der Waals surface area contributed by atoms with Crippen molar-refractivity contribution < 1.29 is 24.2 Å². The molecule has 1 aromatic rings. The summed E-state index contributed by atoms with van der Waals surface area (Å²) in [5, 5.41) is 12.3. The Bertz CT molecular complexity index is 578. The predicted molar refractivity (Wildman–Crippen MR) is 84.8 cm³/mol. The van der Waals surface area contributed by atoms with Crippen molar-refractivity contribution in [1.29, 1.82) is 0 Å². The number of carboxylic acids is 1. The van der Waals surface area contributed by atoms with Crippen molar-refractivity contribution in [2.45, 2.75) is 44.1 Å². The molecule has 6 heteroatoms. The van der Waals surface area contributed by atoms with E-state index in [9.17, 15) is 14.7 Å². The van der Waals surface area contributed by atoms with Crippen molar-refractivity contribution in [3.05, 3.63) is 23.8 Å². The summed E-state index contributed by atoms with van der Waals surface area (Å²) >= 11 is 0. The maximum Gasteiger partial charge on any atom is 0.329 e. The van der Waals surface area contributed by atoms with Gasteiger partial charge in [-0.05, 0) is 31.0 Å². The molecule has 126 valence electrons. The summed E-state index contributed by atoms with van der Waals surface area (Å²) in [6, 6.07) is 5.21. The van der Waals surface area contributed by atoms with Crippen LogP contribution in [-0.4, -0.2) is 36.7 Å². The minimum atomic E-state index is -1.14. The van der Waals surface area contributed by atoms with Crippen LogP contribution in [0.2, 0.25) is 0 Å². The van der Waals surface area contributed by atoms with Gasteiger partial charge in [-0.15, -0.1) is 0 Å². The Hall–Kier alpha value is -2.24. The summed E-state index contributed by atoms with van der Waals surface area (Å²) in [7, 11) is 3.08. The summed E-state index contributed by atoms with van der Waals surface area (Å²) in [6.07, 6.45) is 3.64. The Balaban J connectivity index is 2.13. The standard InChI is InChI=1S/C17H23NO5/c1-22-13-6-7-14(23-2)12(10-13)11-15(19)18-17(16(20)21)8-4-3-5-9-17/h6-7,10H,3-5,8-9,11H2,1-2H3,(H,18,19)(H,20,21). The minimum absolute atomic E-state index is 0.0510. The van der Waals surface area contributed by atoms with Crippen molar-refractivity contribution in [2.24, 2.45) is 0 Å². The SMILES string of the molecule is COc1ccc(OC)c(CC(=O)NC2(C(=O)O)CCCCC2)c1. The van der Waals surface area contributed by atoms with Gasteiger partial charge in [-0.2, -0.15) is 0 Å². The molecule has 1 amide bonds. The van der Waals surface area contributed by atoms with Gasteiger partial charge in [0, 0.05) is 5.56 Å². The van der Waals surface area contributed by atoms with E-state index in [4.69, 9.17) is 9.47 Å². The number of carbonyl (C=O) groups excluding carboxylic acids is 1. The third-order valence-corrected chi connectivity index (χ3v) is 4.33. The summed E-state index contributed by atoms with van der Waals surface area (Å²) in [5.74, 6) is -0.0720.